The van der Waals surface area contributed by atoms with Crippen molar-refractivity contribution in [3.05, 3.63) is 29.8 Å². The Kier molecular flexibility index (Phi) is 6.56. The molecule has 1 fully saturated rings. The van der Waals surface area contributed by atoms with Crippen molar-refractivity contribution in [2.45, 2.75) is 33.6 Å². The molecule has 6 heteroatoms. The summed E-state index contributed by atoms with van der Waals surface area (Å²) in [5.74, 6) is -0.120. The van der Waals surface area contributed by atoms with Gasteiger partial charge in [-0.1, -0.05) is 6.07 Å². The average molecular weight is 345 g/mol. The van der Waals surface area contributed by atoms with Crippen LogP contribution in [0.2, 0.25) is 0 Å². The molecule has 0 radical (unpaired) electrons. The van der Waals surface area contributed by atoms with Crippen LogP contribution in [-0.2, 0) is 9.59 Å². The van der Waals surface area contributed by atoms with Crippen LogP contribution in [0.5, 0.6) is 0 Å². The van der Waals surface area contributed by atoms with Crippen LogP contribution in [-0.4, -0.2) is 53.7 Å². The maximum atomic E-state index is 12.5. The maximum absolute atomic E-state index is 12.5. The van der Waals surface area contributed by atoms with Gasteiger partial charge in [0.25, 0.3) is 5.91 Å². The monoisotopic (exact) mass is 345 g/mol. The summed E-state index contributed by atoms with van der Waals surface area (Å²) in [7, 11) is 0. The molecule has 0 bridgehead atoms. The van der Waals surface area contributed by atoms with Crippen LogP contribution in [0.15, 0.2) is 24.3 Å². The fourth-order valence-corrected chi connectivity index (χ4v) is 3.12. The normalized spacial score (nSPS) is 14.9. The highest BCUT2D eigenvalue weighted by Crippen LogP contribution is 2.20. The molecule has 0 atom stereocenters. The summed E-state index contributed by atoms with van der Waals surface area (Å²) in [6, 6.07) is 7.07. The minimum Gasteiger partial charge on any atom is -0.343 e. The molecular weight excluding hydrogens is 318 g/mol. The Morgan fingerprint density at radius 3 is 2.36 bits per heavy atom. The molecule has 6 nitrogen and oxygen atoms in total. The minimum absolute atomic E-state index is 0.0316. The lowest BCUT2D eigenvalue weighted by Gasteiger charge is -2.30. The molecular formula is C19H27N3O3. The van der Waals surface area contributed by atoms with E-state index in [1.807, 2.05) is 13.8 Å². The van der Waals surface area contributed by atoms with Gasteiger partial charge in [-0.05, 0) is 44.9 Å². The largest absolute Gasteiger partial charge is 0.343 e. The van der Waals surface area contributed by atoms with Gasteiger partial charge in [-0.3, -0.25) is 14.4 Å². The van der Waals surface area contributed by atoms with Gasteiger partial charge in [0.05, 0.1) is 0 Å². The van der Waals surface area contributed by atoms with Crippen molar-refractivity contribution in [2.75, 3.05) is 31.5 Å². The summed E-state index contributed by atoms with van der Waals surface area (Å²) < 4.78 is 0. The number of nitrogens with zero attached hydrogens (tertiary/aromatic N) is 2. The standard InChI is InChI=1S/C19H27N3O3/c1-4-21(5-2)19(25)16-7-6-8-17(13-16)20-18(24)15-9-11-22(12-10-15)14(3)23/h6-8,13,15H,4-5,9-12H2,1-3H3,(H,20,24). The second-order valence-corrected chi connectivity index (χ2v) is 6.33. The summed E-state index contributed by atoms with van der Waals surface area (Å²) in [6.45, 7) is 7.99. The Balaban J connectivity index is 1.99. The van der Waals surface area contributed by atoms with Gasteiger partial charge in [-0.15, -0.1) is 0 Å². The second-order valence-electron chi connectivity index (χ2n) is 6.33. The van der Waals surface area contributed by atoms with Crippen LogP contribution in [0.3, 0.4) is 0 Å². The molecule has 0 spiro atoms. The SMILES string of the molecule is CCN(CC)C(=O)c1cccc(NC(=O)C2CCN(C(C)=O)CC2)c1. The molecule has 25 heavy (non-hydrogen) atoms. The minimum atomic E-state index is -0.0993. The first-order chi connectivity index (χ1) is 12.0. The van der Waals surface area contributed by atoms with Gasteiger partial charge >= 0.3 is 0 Å². The van der Waals surface area contributed by atoms with Crippen molar-refractivity contribution in [3.8, 4) is 0 Å². The van der Waals surface area contributed by atoms with E-state index in [4.69, 9.17) is 0 Å². The molecule has 1 saturated heterocycles. The lowest BCUT2D eigenvalue weighted by atomic mass is 9.95. The number of hydrogen-bond donors (Lipinski definition) is 1. The number of nitrogens with one attached hydrogen (secondary N) is 1. The van der Waals surface area contributed by atoms with E-state index in [1.165, 1.54) is 0 Å². The third-order valence-corrected chi connectivity index (χ3v) is 4.74. The molecule has 0 unspecified atom stereocenters. The summed E-state index contributed by atoms with van der Waals surface area (Å²) in [6.07, 6.45) is 1.34. The molecule has 1 aliphatic rings. The topological polar surface area (TPSA) is 69.7 Å². The summed E-state index contributed by atoms with van der Waals surface area (Å²) in [5.41, 5.74) is 1.21. The highest BCUT2D eigenvalue weighted by Gasteiger charge is 2.26. The van der Waals surface area contributed by atoms with Gasteiger partial charge in [0.1, 0.15) is 0 Å². The Hall–Kier alpha value is -2.37. The fourth-order valence-electron chi connectivity index (χ4n) is 3.12. The Bertz CT molecular complexity index is 633. The average Bonchev–Trinajstić information content (AvgIpc) is 2.63. The van der Waals surface area contributed by atoms with E-state index in [2.05, 4.69) is 5.32 Å². The number of carbonyl (C=O) groups excluding carboxylic acids is 3. The Labute approximate surface area is 149 Å². The first kappa shape index (κ1) is 19.0. The quantitative estimate of drug-likeness (QED) is 0.891. The second kappa shape index (κ2) is 8.65. The van der Waals surface area contributed by atoms with E-state index < -0.39 is 0 Å². The van der Waals surface area contributed by atoms with Crippen molar-refractivity contribution < 1.29 is 14.4 Å². The van der Waals surface area contributed by atoms with Gasteiger partial charge in [-0.25, -0.2) is 0 Å². The molecule has 1 N–H and O–H groups in total. The van der Waals surface area contributed by atoms with Gasteiger partial charge in [0.2, 0.25) is 11.8 Å². The summed E-state index contributed by atoms with van der Waals surface area (Å²) >= 11 is 0. The van der Waals surface area contributed by atoms with E-state index in [0.29, 0.717) is 50.3 Å². The Morgan fingerprint density at radius 1 is 1.16 bits per heavy atom. The first-order valence-electron chi connectivity index (χ1n) is 8.92. The molecule has 0 saturated carbocycles. The summed E-state index contributed by atoms with van der Waals surface area (Å²) in [5, 5.41) is 2.91. The molecule has 1 aromatic rings. The zero-order valence-corrected chi connectivity index (χ0v) is 15.2. The molecule has 3 amide bonds. The van der Waals surface area contributed by atoms with E-state index >= 15 is 0 Å². The van der Waals surface area contributed by atoms with Crippen molar-refractivity contribution >= 4 is 23.4 Å². The first-order valence-corrected chi connectivity index (χ1v) is 8.92. The van der Waals surface area contributed by atoms with E-state index in [9.17, 15) is 14.4 Å². The maximum Gasteiger partial charge on any atom is 0.253 e. The smallest absolute Gasteiger partial charge is 0.253 e. The van der Waals surface area contributed by atoms with Gasteiger partial charge < -0.3 is 15.1 Å². The van der Waals surface area contributed by atoms with Crippen LogP contribution >= 0.6 is 0 Å². The number of piperidine rings is 1. The molecule has 1 aliphatic heterocycles. The molecule has 1 heterocycles. The molecule has 0 aliphatic carbocycles. The number of benzene rings is 1. The molecule has 2 rings (SSSR count). The number of hydrogen-bond acceptors (Lipinski definition) is 3. The van der Waals surface area contributed by atoms with E-state index in [0.717, 1.165) is 0 Å². The number of rotatable bonds is 5. The third kappa shape index (κ3) is 4.81. The predicted molar refractivity (Wildman–Crippen MR) is 97.3 cm³/mol. The number of likely N-dealkylation sites (tertiary alicyclic amines) is 1. The van der Waals surface area contributed by atoms with Crippen LogP contribution in [0.1, 0.15) is 44.0 Å². The van der Waals surface area contributed by atoms with Gasteiger partial charge in [-0.2, -0.15) is 0 Å². The molecule has 1 aromatic carbocycles. The lowest BCUT2D eigenvalue weighted by Crippen LogP contribution is -2.40. The molecule has 136 valence electrons. The van der Waals surface area contributed by atoms with Crippen LogP contribution in [0.25, 0.3) is 0 Å². The lowest BCUT2D eigenvalue weighted by molar-refractivity contribution is -0.132. The third-order valence-electron chi connectivity index (χ3n) is 4.74. The van der Waals surface area contributed by atoms with Crippen LogP contribution < -0.4 is 5.32 Å². The predicted octanol–water partition coefficient (Wildman–Crippen LogP) is 2.37. The highest BCUT2D eigenvalue weighted by atomic mass is 16.2. The van der Waals surface area contributed by atoms with E-state index in [1.54, 1.807) is 41.0 Å². The molecule has 0 aromatic heterocycles. The van der Waals surface area contributed by atoms with Crippen molar-refractivity contribution in [1.29, 1.82) is 0 Å². The number of amides is 3. The zero-order chi connectivity index (χ0) is 18.4. The Morgan fingerprint density at radius 2 is 1.80 bits per heavy atom. The summed E-state index contributed by atoms with van der Waals surface area (Å²) in [4.78, 5) is 39.8. The highest BCUT2D eigenvalue weighted by molar-refractivity contribution is 5.97. The van der Waals surface area contributed by atoms with Crippen LogP contribution in [0, 0.1) is 5.92 Å². The fraction of sp³-hybridized carbons (Fsp3) is 0.526. The van der Waals surface area contributed by atoms with Crippen LogP contribution in [0.4, 0.5) is 5.69 Å². The van der Waals surface area contributed by atoms with Gasteiger partial charge in [0, 0.05) is 50.3 Å². The number of carbonyl (C=O) groups is 3. The van der Waals surface area contributed by atoms with Crippen molar-refractivity contribution in [1.82, 2.24) is 9.80 Å². The number of anilines is 1. The van der Waals surface area contributed by atoms with Gasteiger partial charge in [0.15, 0.2) is 0 Å². The zero-order valence-electron chi connectivity index (χ0n) is 15.2. The van der Waals surface area contributed by atoms with Crippen molar-refractivity contribution in [2.24, 2.45) is 5.92 Å². The van der Waals surface area contributed by atoms with Crippen molar-refractivity contribution in [3.63, 3.8) is 0 Å². The van der Waals surface area contributed by atoms with E-state index in [-0.39, 0.29) is 23.6 Å².